The summed E-state index contributed by atoms with van der Waals surface area (Å²) in [7, 11) is 0. The van der Waals surface area contributed by atoms with Crippen LogP contribution in [0, 0.1) is 6.92 Å². The van der Waals surface area contributed by atoms with Crippen LogP contribution in [0.3, 0.4) is 0 Å². The molecule has 0 saturated heterocycles. The van der Waals surface area contributed by atoms with Gasteiger partial charge in [-0.1, -0.05) is 11.2 Å². The van der Waals surface area contributed by atoms with E-state index in [1.54, 1.807) is 13.0 Å². The Morgan fingerprint density at radius 1 is 1.15 bits per heavy atom. The molecule has 2 aromatic heterocycles. The van der Waals surface area contributed by atoms with Crippen LogP contribution in [-0.4, -0.2) is 27.8 Å². The fourth-order valence-corrected chi connectivity index (χ4v) is 2.39. The van der Waals surface area contributed by atoms with Crippen molar-refractivity contribution < 1.29 is 18.8 Å². The standard InChI is InChI=1S/C17H15N5O4/c1-10-4-15(22-26-10)21-17-19-7-12(8-20-17)16(23)18-6-11-2-3-13-14(5-11)25-9-24-13/h2-5,7-8H,6,9H2,1H3,(H,18,23)(H,19,20,21,22). The number of carbonyl (C=O) groups is 1. The second-order valence-electron chi connectivity index (χ2n) is 5.61. The summed E-state index contributed by atoms with van der Waals surface area (Å²) in [5.74, 6) is 2.61. The SMILES string of the molecule is Cc1cc(Nc2ncc(C(=O)NCc3ccc4c(c3)OCO4)cn2)no1. The van der Waals surface area contributed by atoms with E-state index in [0.717, 1.165) is 5.56 Å². The monoisotopic (exact) mass is 353 g/mol. The smallest absolute Gasteiger partial charge is 0.254 e. The number of nitrogens with zero attached hydrogens (tertiary/aromatic N) is 3. The molecule has 0 aliphatic carbocycles. The van der Waals surface area contributed by atoms with Gasteiger partial charge in [0, 0.05) is 25.0 Å². The number of benzene rings is 1. The Kier molecular flexibility index (Phi) is 4.10. The van der Waals surface area contributed by atoms with Crippen molar-refractivity contribution in [2.24, 2.45) is 0 Å². The van der Waals surface area contributed by atoms with Gasteiger partial charge in [0.1, 0.15) is 5.76 Å². The molecule has 4 rings (SSSR count). The summed E-state index contributed by atoms with van der Waals surface area (Å²) in [6.45, 7) is 2.36. The van der Waals surface area contributed by atoms with E-state index in [0.29, 0.717) is 41.1 Å². The van der Waals surface area contributed by atoms with Gasteiger partial charge in [0.2, 0.25) is 12.7 Å². The minimum absolute atomic E-state index is 0.219. The van der Waals surface area contributed by atoms with Crippen molar-refractivity contribution in [2.45, 2.75) is 13.5 Å². The molecule has 1 aliphatic rings. The van der Waals surface area contributed by atoms with Gasteiger partial charge in [0.25, 0.3) is 5.91 Å². The average molecular weight is 353 g/mol. The molecule has 0 fully saturated rings. The minimum Gasteiger partial charge on any atom is -0.454 e. The first-order valence-electron chi connectivity index (χ1n) is 7.86. The van der Waals surface area contributed by atoms with Gasteiger partial charge in [-0.2, -0.15) is 0 Å². The number of amides is 1. The Hall–Kier alpha value is -3.62. The van der Waals surface area contributed by atoms with Crippen LogP contribution < -0.4 is 20.1 Å². The second-order valence-corrected chi connectivity index (χ2v) is 5.61. The highest BCUT2D eigenvalue weighted by atomic mass is 16.7. The molecule has 0 radical (unpaired) electrons. The van der Waals surface area contributed by atoms with E-state index in [1.807, 2.05) is 18.2 Å². The fourth-order valence-electron chi connectivity index (χ4n) is 2.39. The molecule has 0 bridgehead atoms. The van der Waals surface area contributed by atoms with Crippen molar-refractivity contribution in [3.05, 3.63) is 53.5 Å². The van der Waals surface area contributed by atoms with Crippen LogP contribution in [0.15, 0.2) is 41.2 Å². The highest BCUT2D eigenvalue weighted by Crippen LogP contribution is 2.32. The predicted molar refractivity (Wildman–Crippen MR) is 90.3 cm³/mol. The van der Waals surface area contributed by atoms with Gasteiger partial charge < -0.3 is 24.6 Å². The summed E-state index contributed by atoms with van der Waals surface area (Å²) in [4.78, 5) is 20.4. The molecule has 0 unspecified atom stereocenters. The van der Waals surface area contributed by atoms with E-state index in [-0.39, 0.29) is 12.7 Å². The highest BCUT2D eigenvalue weighted by Gasteiger charge is 2.14. The fraction of sp³-hybridized carbons (Fsp3) is 0.176. The number of fused-ring (bicyclic) bond motifs is 1. The Morgan fingerprint density at radius 3 is 2.73 bits per heavy atom. The zero-order valence-electron chi connectivity index (χ0n) is 13.9. The summed E-state index contributed by atoms with van der Waals surface area (Å²) in [5, 5.41) is 9.50. The minimum atomic E-state index is -0.272. The van der Waals surface area contributed by atoms with Crippen molar-refractivity contribution in [3.63, 3.8) is 0 Å². The predicted octanol–water partition coefficient (Wildman–Crippen LogP) is 2.18. The Morgan fingerprint density at radius 2 is 1.96 bits per heavy atom. The molecule has 1 amide bonds. The lowest BCUT2D eigenvalue weighted by Crippen LogP contribution is -2.23. The van der Waals surface area contributed by atoms with E-state index in [4.69, 9.17) is 14.0 Å². The molecule has 0 spiro atoms. The van der Waals surface area contributed by atoms with Gasteiger partial charge in [0.05, 0.1) is 5.56 Å². The largest absolute Gasteiger partial charge is 0.454 e. The van der Waals surface area contributed by atoms with Gasteiger partial charge >= 0.3 is 0 Å². The lowest BCUT2D eigenvalue weighted by atomic mass is 10.2. The molecule has 26 heavy (non-hydrogen) atoms. The number of carbonyl (C=O) groups excluding carboxylic acids is 1. The summed E-state index contributed by atoms with van der Waals surface area (Å²) in [6, 6.07) is 7.25. The van der Waals surface area contributed by atoms with Gasteiger partial charge in [-0.15, -0.1) is 0 Å². The number of anilines is 2. The van der Waals surface area contributed by atoms with Crippen LogP contribution in [0.5, 0.6) is 11.5 Å². The van der Waals surface area contributed by atoms with Crippen LogP contribution in [0.25, 0.3) is 0 Å². The van der Waals surface area contributed by atoms with E-state index in [1.165, 1.54) is 12.4 Å². The third-order valence-corrected chi connectivity index (χ3v) is 3.67. The topological polar surface area (TPSA) is 111 Å². The van der Waals surface area contributed by atoms with E-state index >= 15 is 0 Å². The van der Waals surface area contributed by atoms with E-state index in [2.05, 4.69) is 25.8 Å². The Balaban J connectivity index is 1.35. The first kappa shape index (κ1) is 15.9. The maximum atomic E-state index is 12.2. The Labute approximate surface area is 148 Å². The van der Waals surface area contributed by atoms with Crippen molar-refractivity contribution in [3.8, 4) is 11.5 Å². The lowest BCUT2D eigenvalue weighted by Gasteiger charge is -2.06. The first-order valence-corrected chi connectivity index (χ1v) is 7.86. The molecular weight excluding hydrogens is 338 g/mol. The van der Waals surface area contributed by atoms with Gasteiger partial charge in [-0.25, -0.2) is 9.97 Å². The normalized spacial score (nSPS) is 12.0. The third-order valence-electron chi connectivity index (χ3n) is 3.67. The number of rotatable bonds is 5. The molecule has 0 atom stereocenters. The number of aromatic nitrogens is 3. The van der Waals surface area contributed by atoms with Crippen LogP contribution in [0.2, 0.25) is 0 Å². The molecule has 9 nitrogen and oxygen atoms in total. The van der Waals surface area contributed by atoms with Crippen LogP contribution >= 0.6 is 0 Å². The molecule has 3 heterocycles. The summed E-state index contributed by atoms with van der Waals surface area (Å²) >= 11 is 0. The zero-order chi connectivity index (χ0) is 17.9. The summed E-state index contributed by atoms with van der Waals surface area (Å²) < 4.78 is 15.5. The number of ether oxygens (including phenoxy) is 2. The van der Waals surface area contributed by atoms with Crippen molar-refractivity contribution in [2.75, 3.05) is 12.1 Å². The van der Waals surface area contributed by atoms with Crippen LogP contribution in [0.4, 0.5) is 11.8 Å². The molecule has 1 aliphatic heterocycles. The molecule has 1 aromatic carbocycles. The van der Waals surface area contributed by atoms with Crippen molar-refractivity contribution in [1.82, 2.24) is 20.4 Å². The molecule has 9 heteroatoms. The molecule has 0 saturated carbocycles. The van der Waals surface area contributed by atoms with Gasteiger partial charge in [0.15, 0.2) is 17.3 Å². The maximum absolute atomic E-state index is 12.2. The summed E-state index contributed by atoms with van der Waals surface area (Å²) in [6.07, 6.45) is 2.88. The maximum Gasteiger partial charge on any atom is 0.254 e. The second kappa shape index (κ2) is 6.71. The lowest BCUT2D eigenvalue weighted by molar-refractivity contribution is 0.0950. The molecule has 3 aromatic rings. The number of hydrogen-bond donors (Lipinski definition) is 2. The van der Waals surface area contributed by atoms with E-state index in [9.17, 15) is 4.79 Å². The number of nitrogens with one attached hydrogen (secondary N) is 2. The quantitative estimate of drug-likeness (QED) is 0.718. The van der Waals surface area contributed by atoms with Gasteiger partial charge in [-0.05, 0) is 24.6 Å². The average Bonchev–Trinajstić information content (AvgIpc) is 3.28. The van der Waals surface area contributed by atoms with Crippen LogP contribution in [0.1, 0.15) is 21.7 Å². The van der Waals surface area contributed by atoms with E-state index < -0.39 is 0 Å². The zero-order valence-corrected chi connectivity index (χ0v) is 13.9. The molecule has 2 N–H and O–H groups in total. The van der Waals surface area contributed by atoms with Gasteiger partial charge in [-0.3, -0.25) is 4.79 Å². The van der Waals surface area contributed by atoms with Crippen molar-refractivity contribution in [1.29, 1.82) is 0 Å². The summed E-state index contributed by atoms with van der Waals surface area (Å²) in [5.41, 5.74) is 1.26. The third kappa shape index (κ3) is 3.41. The van der Waals surface area contributed by atoms with Crippen LogP contribution in [-0.2, 0) is 6.54 Å². The molecular formula is C17H15N5O4. The first-order chi connectivity index (χ1) is 12.7. The number of hydrogen-bond acceptors (Lipinski definition) is 8. The Bertz CT molecular complexity index is 939. The van der Waals surface area contributed by atoms with Crippen molar-refractivity contribution >= 4 is 17.7 Å². The highest BCUT2D eigenvalue weighted by molar-refractivity contribution is 5.93. The molecule has 132 valence electrons. The number of aryl methyl sites for hydroxylation is 1.